The van der Waals surface area contributed by atoms with Gasteiger partial charge < -0.3 is 5.11 Å². The summed E-state index contributed by atoms with van der Waals surface area (Å²) in [6.45, 7) is 0. The predicted molar refractivity (Wildman–Crippen MR) is 78.5 cm³/mol. The highest BCUT2D eigenvalue weighted by molar-refractivity contribution is 5.83. The first-order valence-corrected chi connectivity index (χ1v) is 6.56. The highest BCUT2D eigenvalue weighted by Gasteiger charge is 2.12. The van der Waals surface area contributed by atoms with Crippen molar-refractivity contribution in [1.29, 1.82) is 0 Å². The lowest BCUT2D eigenvalue weighted by Crippen LogP contribution is -2.26. The Morgan fingerprint density at radius 3 is 2.65 bits per heavy atom. The lowest BCUT2D eigenvalue weighted by molar-refractivity contribution is 0.506. The summed E-state index contributed by atoms with van der Waals surface area (Å²) in [6, 6.07) is 14.1. The number of hydrogen-bond donors (Lipinski definition) is 1. The lowest BCUT2D eigenvalue weighted by Gasteiger charge is -2.03. The molecule has 96 valence electrons. The van der Waals surface area contributed by atoms with Crippen LogP contribution in [0.1, 0.15) is 11.3 Å². The van der Waals surface area contributed by atoms with Gasteiger partial charge in [-0.15, -0.1) is 0 Å². The van der Waals surface area contributed by atoms with E-state index in [0.717, 1.165) is 27.1 Å². The van der Waals surface area contributed by atoms with Crippen LogP contribution in [0.3, 0.4) is 0 Å². The molecule has 3 aromatic rings. The first-order valence-electron chi connectivity index (χ1n) is 6.56. The van der Waals surface area contributed by atoms with E-state index in [1.54, 1.807) is 6.20 Å². The van der Waals surface area contributed by atoms with Crippen molar-refractivity contribution in [2.45, 2.75) is 6.42 Å². The van der Waals surface area contributed by atoms with Gasteiger partial charge in [-0.25, -0.2) is 0 Å². The largest absolute Gasteiger partial charge is 0.507 e. The summed E-state index contributed by atoms with van der Waals surface area (Å²) in [5, 5.41) is 22.8. The molecule has 1 heterocycles. The van der Waals surface area contributed by atoms with Gasteiger partial charge in [0.15, 0.2) is 0 Å². The summed E-state index contributed by atoms with van der Waals surface area (Å²) in [5.74, 6) is 0.282. The van der Waals surface area contributed by atoms with Crippen LogP contribution in [0.4, 0.5) is 0 Å². The Labute approximate surface area is 115 Å². The normalized spacial score (nSPS) is 13.3. The molecule has 0 spiro atoms. The van der Waals surface area contributed by atoms with Crippen LogP contribution in [0.25, 0.3) is 22.6 Å². The third-order valence-electron chi connectivity index (χ3n) is 3.74. The molecule has 0 amide bonds. The Kier molecular flexibility index (Phi) is 2.33. The maximum Gasteiger partial charge on any atom is 0.132 e. The summed E-state index contributed by atoms with van der Waals surface area (Å²) in [5.41, 5.74) is 1.58. The van der Waals surface area contributed by atoms with Gasteiger partial charge in [0, 0.05) is 17.2 Å². The second kappa shape index (κ2) is 4.17. The topological polar surface area (TPSA) is 46.0 Å². The zero-order chi connectivity index (χ0) is 13.5. The molecule has 0 fully saturated rings. The molecule has 0 bridgehead atoms. The van der Waals surface area contributed by atoms with Crippen molar-refractivity contribution >= 4 is 22.6 Å². The first kappa shape index (κ1) is 11.2. The Hall–Kier alpha value is -2.68. The molecule has 4 rings (SSSR count). The zero-order valence-corrected chi connectivity index (χ0v) is 10.7. The fourth-order valence-electron chi connectivity index (χ4n) is 2.71. The van der Waals surface area contributed by atoms with Crippen LogP contribution in [0.15, 0.2) is 48.7 Å². The van der Waals surface area contributed by atoms with Gasteiger partial charge in [0.2, 0.25) is 0 Å². The Morgan fingerprint density at radius 1 is 1.00 bits per heavy atom. The number of benzene rings is 2. The van der Waals surface area contributed by atoms with E-state index >= 15 is 0 Å². The summed E-state index contributed by atoms with van der Waals surface area (Å²) in [6.07, 6.45) is 4.39. The van der Waals surface area contributed by atoms with Crippen molar-refractivity contribution in [3.63, 3.8) is 0 Å². The molecule has 0 unspecified atom stereocenters. The number of aliphatic hydroxyl groups excluding tert-OH is 1. The molecular formula is C17H12N2O. The average molecular weight is 260 g/mol. The molecule has 0 radical (unpaired) electrons. The van der Waals surface area contributed by atoms with E-state index in [9.17, 15) is 5.11 Å². The summed E-state index contributed by atoms with van der Waals surface area (Å²) < 4.78 is 0. The Morgan fingerprint density at radius 2 is 1.80 bits per heavy atom. The second-order valence-electron chi connectivity index (χ2n) is 4.94. The fraction of sp³-hybridized carbons (Fsp3) is 0.0588. The number of fused-ring (bicyclic) bond motifs is 3. The SMILES string of the molecule is OC1=c2cc3ccccc3cc2=CCc2nnccc21. The van der Waals surface area contributed by atoms with Gasteiger partial charge in [-0.2, -0.15) is 10.2 Å². The van der Waals surface area contributed by atoms with Crippen molar-refractivity contribution in [3.8, 4) is 0 Å². The lowest BCUT2D eigenvalue weighted by atomic mass is 10.1. The quantitative estimate of drug-likeness (QED) is 0.669. The minimum absolute atomic E-state index is 0.282. The van der Waals surface area contributed by atoms with Crippen LogP contribution < -0.4 is 10.4 Å². The van der Waals surface area contributed by atoms with Crippen molar-refractivity contribution in [2.24, 2.45) is 0 Å². The van der Waals surface area contributed by atoms with Crippen molar-refractivity contribution < 1.29 is 5.11 Å². The van der Waals surface area contributed by atoms with Gasteiger partial charge in [-0.1, -0.05) is 30.3 Å². The molecule has 0 aliphatic heterocycles. The molecule has 1 aliphatic rings. The van der Waals surface area contributed by atoms with Gasteiger partial charge in [0.1, 0.15) is 5.76 Å². The summed E-state index contributed by atoms with van der Waals surface area (Å²) >= 11 is 0. The van der Waals surface area contributed by atoms with Crippen molar-refractivity contribution in [2.75, 3.05) is 0 Å². The average Bonchev–Trinajstić information content (AvgIpc) is 2.64. The van der Waals surface area contributed by atoms with E-state index in [4.69, 9.17) is 0 Å². The summed E-state index contributed by atoms with van der Waals surface area (Å²) in [7, 11) is 0. The Bertz CT molecular complexity index is 945. The summed E-state index contributed by atoms with van der Waals surface area (Å²) in [4.78, 5) is 0. The molecule has 3 heteroatoms. The van der Waals surface area contributed by atoms with E-state index in [1.807, 2.05) is 24.3 Å². The molecule has 3 nitrogen and oxygen atoms in total. The van der Waals surface area contributed by atoms with Crippen LogP contribution in [0, 0.1) is 0 Å². The number of nitrogens with zero attached hydrogens (tertiary/aromatic N) is 2. The smallest absolute Gasteiger partial charge is 0.132 e. The van der Waals surface area contributed by atoms with E-state index in [-0.39, 0.29) is 5.76 Å². The minimum Gasteiger partial charge on any atom is -0.507 e. The first-order chi connectivity index (χ1) is 9.83. The maximum atomic E-state index is 10.6. The molecule has 0 atom stereocenters. The molecule has 20 heavy (non-hydrogen) atoms. The maximum absolute atomic E-state index is 10.6. The third kappa shape index (κ3) is 1.60. The van der Waals surface area contributed by atoms with Crippen LogP contribution in [-0.2, 0) is 6.42 Å². The molecule has 0 saturated carbocycles. The molecular weight excluding hydrogens is 248 g/mol. The zero-order valence-electron chi connectivity index (χ0n) is 10.7. The van der Waals surface area contributed by atoms with Gasteiger partial charge >= 0.3 is 0 Å². The van der Waals surface area contributed by atoms with Gasteiger partial charge in [0.05, 0.1) is 11.9 Å². The van der Waals surface area contributed by atoms with E-state index in [1.165, 1.54) is 5.39 Å². The van der Waals surface area contributed by atoms with Gasteiger partial charge in [-0.3, -0.25) is 0 Å². The van der Waals surface area contributed by atoms with Crippen LogP contribution >= 0.6 is 0 Å². The standard InChI is InChI=1S/C17H12N2O/c20-17-14-7-8-18-19-16(14)6-5-13-9-11-3-1-2-4-12(11)10-15(13)17/h1-5,7-10,20H,6H2. The predicted octanol–water partition coefficient (Wildman–Crippen LogP) is 1.68. The van der Waals surface area contributed by atoms with E-state index < -0.39 is 0 Å². The molecule has 1 aromatic heterocycles. The van der Waals surface area contributed by atoms with Crippen LogP contribution in [-0.4, -0.2) is 15.3 Å². The molecule has 0 saturated heterocycles. The number of aliphatic hydroxyl groups is 1. The van der Waals surface area contributed by atoms with Crippen LogP contribution in [0.5, 0.6) is 0 Å². The number of hydrogen-bond acceptors (Lipinski definition) is 3. The molecule has 2 aromatic carbocycles. The van der Waals surface area contributed by atoms with Crippen molar-refractivity contribution in [1.82, 2.24) is 10.2 Å². The van der Waals surface area contributed by atoms with Crippen LogP contribution in [0.2, 0.25) is 0 Å². The third-order valence-corrected chi connectivity index (χ3v) is 3.74. The highest BCUT2D eigenvalue weighted by atomic mass is 16.3. The molecule has 1 N–H and O–H groups in total. The minimum atomic E-state index is 0.282. The number of aromatic nitrogens is 2. The van der Waals surface area contributed by atoms with Gasteiger partial charge in [0.25, 0.3) is 0 Å². The van der Waals surface area contributed by atoms with E-state index in [0.29, 0.717) is 6.42 Å². The number of rotatable bonds is 0. The van der Waals surface area contributed by atoms with Crippen molar-refractivity contribution in [3.05, 3.63) is 70.4 Å². The van der Waals surface area contributed by atoms with E-state index in [2.05, 4.69) is 34.5 Å². The fourth-order valence-corrected chi connectivity index (χ4v) is 2.71. The Balaban J connectivity index is 2.18. The monoisotopic (exact) mass is 260 g/mol. The molecule has 1 aliphatic carbocycles. The highest BCUT2D eigenvalue weighted by Crippen LogP contribution is 2.15. The second-order valence-corrected chi connectivity index (χ2v) is 4.94. The van der Waals surface area contributed by atoms with Gasteiger partial charge in [-0.05, 0) is 34.2 Å².